The fourth-order valence-electron chi connectivity index (χ4n) is 2.59. The van der Waals surface area contributed by atoms with Crippen molar-refractivity contribution in [1.29, 1.82) is 0 Å². The molecule has 0 aromatic heterocycles. The normalized spacial score (nSPS) is 10.2. The third-order valence-corrected chi connectivity index (χ3v) is 4.02. The number of benzene rings is 3. The third kappa shape index (κ3) is 4.64. The lowest BCUT2D eigenvalue weighted by Gasteiger charge is -2.14. The van der Waals surface area contributed by atoms with Gasteiger partial charge >= 0.3 is 0 Å². The second kappa shape index (κ2) is 8.22. The summed E-state index contributed by atoms with van der Waals surface area (Å²) in [5.74, 6) is 0. The van der Waals surface area contributed by atoms with E-state index in [0.29, 0.717) is 10.8 Å². The van der Waals surface area contributed by atoms with Gasteiger partial charge in [0.1, 0.15) is 0 Å². The van der Waals surface area contributed by atoms with E-state index in [1.165, 1.54) is 17.7 Å². The number of para-hydroxylation sites is 1. The topological polar surface area (TPSA) is 67.2 Å². The van der Waals surface area contributed by atoms with E-state index < -0.39 is 4.92 Å². The van der Waals surface area contributed by atoms with Crippen LogP contribution in [0.2, 0.25) is 0 Å². The quantitative estimate of drug-likeness (QED) is 0.379. The Bertz CT molecular complexity index is 929. The first-order valence-electron chi connectivity index (χ1n) is 8.06. The zero-order valence-corrected chi connectivity index (χ0v) is 14.7. The van der Waals surface area contributed by atoms with Gasteiger partial charge in [-0.05, 0) is 41.9 Å². The number of anilines is 2. The summed E-state index contributed by atoms with van der Waals surface area (Å²) in [5, 5.41) is 17.4. The van der Waals surface area contributed by atoms with Crippen LogP contribution in [0.25, 0.3) is 0 Å². The van der Waals surface area contributed by atoms with E-state index in [0.717, 1.165) is 17.7 Å². The standard InChI is InChI=1S/C20H17N3O2S/c24-23(25)18-11-6-10-17(14-18)21-20(26)22-19-12-5-4-9-16(19)13-15-7-2-1-3-8-15/h1-12,14H,13H2,(H2,21,22,26). The second-order valence-corrected chi connectivity index (χ2v) is 6.11. The smallest absolute Gasteiger partial charge is 0.271 e. The first kappa shape index (κ1) is 17.6. The van der Waals surface area contributed by atoms with Gasteiger partial charge in [-0.1, -0.05) is 54.6 Å². The summed E-state index contributed by atoms with van der Waals surface area (Å²) >= 11 is 5.36. The Morgan fingerprint density at radius 1 is 0.923 bits per heavy atom. The van der Waals surface area contributed by atoms with Crippen molar-refractivity contribution in [1.82, 2.24) is 0 Å². The van der Waals surface area contributed by atoms with E-state index in [2.05, 4.69) is 22.8 Å². The molecule has 6 heteroatoms. The highest BCUT2D eigenvalue weighted by atomic mass is 32.1. The Hall–Kier alpha value is -3.25. The molecule has 0 atom stereocenters. The highest BCUT2D eigenvalue weighted by Crippen LogP contribution is 2.21. The molecule has 0 aliphatic carbocycles. The van der Waals surface area contributed by atoms with Crippen LogP contribution in [0.3, 0.4) is 0 Å². The van der Waals surface area contributed by atoms with Crippen molar-refractivity contribution in [2.24, 2.45) is 0 Å². The average Bonchev–Trinajstić information content (AvgIpc) is 2.64. The van der Waals surface area contributed by atoms with E-state index in [9.17, 15) is 10.1 Å². The minimum Gasteiger partial charge on any atom is -0.332 e. The molecular weight excluding hydrogens is 346 g/mol. The summed E-state index contributed by atoms with van der Waals surface area (Å²) < 4.78 is 0. The lowest BCUT2D eigenvalue weighted by Crippen LogP contribution is -2.20. The van der Waals surface area contributed by atoms with Crippen LogP contribution in [0, 0.1) is 10.1 Å². The second-order valence-electron chi connectivity index (χ2n) is 5.71. The number of hydrogen-bond donors (Lipinski definition) is 2. The molecule has 130 valence electrons. The van der Waals surface area contributed by atoms with Gasteiger partial charge in [0.25, 0.3) is 5.69 Å². The molecule has 26 heavy (non-hydrogen) atoms. The van der Waals surface area contributed by atoms with E-state index in [-0.39, 0.29) is 5.69 Å². The average molecular weight is 363 g/mol. The van der Waals surface area contributed by atoms with Gasteiger partial charge in [-0.15, -0.1) is 0 Å². The summed E-state index contributed by atoms with van der Waals surface area (Å²) in [7, 11) is 0. The van der Waals surface area contributed by atoms with Crippen LogP contribution < -0.4 is 10.6 Å². The molecule has 0 heterocycles. The molecule has 3 rings (SSSR count). The molecule has 0 saturated heterocycles. The van der Waals surface area contributed by atoms with Gasteiger partial charge < -0.3 is 10.6 Å². The van der Waals surface area contributed by atoms with Gasteiger partial charge in [-0.2, -0.15) is 0 Å². The number of non-ortho nitro benzene ring substituents is 1. The molecule has 0 amide bonds. The molecule has 3 aromatic rings. The fraction of sp³-hybridized carbons (Fsp3) is 0.0500. The molecule has 5 nitrogen and oxygen atoms in total. The number of nitro groups is 1. The first-order chi connectivity index (χ1) is 12.6. The number of nitrogens with zero attached hydrogens (tertiary/aromatic N) is 1. The van der Waals surface area contributed by atoms with Crippen molar-refractivity contribution in [2.75, 3.05) is 10.6 Å². The maximum Gasteiger partial charge on any atom is 0.271 e. The van der Waals surface area contributed by atoms with Crippen molar-refractivity contribution >= 4 is 34.4 Å². The minimum absolute atomic E-state index is 0.0160. The van der Waals surface area contributed by atoms with Crippen molar-refractivity contribution in [3.63, 3.8) is 0 Å². The van der Waals surface area contributed by atoms with Gasteiger partial charge in [0.2, 0.25) is 0 Å². The molecule has 0 fully saturated rings. The van der Waals surface area contributed by atoms with Crippen molar-refractivity contribution < 1.29 is 4.92 Å². The maximum absolute atomic E-state index is 10.9. The molecule has 0 saturated carbocycles. The van der Waals surface area contributed by atoms with Gasteiger partial charge in [0.15, 0.2) is 5.11 Å². The van der Waals surface area contributed by atoms with Gasteiger partial charge in [0.05, 0.1) is 4.92 Å². The summed E-state index contributed by atoms with van der Waals surface area (Å²) in [4.78, 5) is 10.4. The zero-order chi connectivity index (χ0) is 18.4. The SMILES string of the molecule is O=[N+]([O-])c1cccc(NC(=S)Nc2ccccc2Cc2ccccc2)c1. The van der Waals surface area contributed by atoms with Gasteiger partial charge in [-0.25, -0.2) is 0 Å². The first-order valence-corrected chi connectivity index (χ1v) is 8.47. The van der Waals surface area contributed by atoms with E-state index in [4.69, 9.17) is 12.2 Å². The Morgan fingerprint density at radius 3 is 2.42 bits per heavy atom. The van der Waals surface area contributed by atoms with E-state index >= 15 is 0 Å². The summed E-state index contributed by atoms with van der Waals surface area (Å²) in [6.45, 7) is 0. The summed E-state index contributed by atoms with van der Waals surface area (Å²) in [6, 6.07) is 24.3. The fourth-order valence-corrected chi connectivity index (χ4v) is 2.82. The zero-order valence-electron chi connectivity index (χ0n) is 13.9. The van der Waals surface area contributed by atoms with Crippen molar-refractivity contribution in [3.05, 3.63) is 100 Å². The third-order valence-electron chi connectivity index (χ3n) is 3.82. The predicted molar refractivity (Wildman–Crippen MR) is 109 cm³/mol. The van der Waals surface area contributed by atoms with Gasteiger partial charge in [0, 0.05) is 23.5 Å². The van der Waals surface area contributed by atoms with Crippen LogP contribution in [0.5, 0.6) is 0 Å². The molecule has 0 bridgehead atoms. The van der Waals surface area contributed by atoms with Crippen molar-refractivity contribution in [2.45, 2.75) is 6.42 Å². The highest BCUT2D eigenvalue weighted by Gasteiger charge is 2.08. The molecule has 0 radical (unpaired) electrons. The van der Waals surface area contributed by atoms with E-state index in [1.54, 1.807) is 12.1 Å². The van der Waals surface area contributed by atoms with E-state index in [1.807, 2.05) is 42.5 Å². The van der Waals surface area contributed by atoms with Crippen LogP contribution in [-0.2, 0) is 6.42 Å². The summed E-state index contributed by atoms with van der Waals surface area (Å²) in [5.41, 5.74) is 3.81. The van der Waals surface area contributed by atoms with Crippen LogP contribution >= 0.6 is 12.2 Å². The molecule has 0 unspecified atom stereocenters. The monoisotopic (exact) mass is 363 g/mol. The van der Waals surface area contributed by atoms with Crippen LogP contribution in [0.4, 0.5) is 17.1 Å². The Labute approximate surface area is 156 Å². The summed E-state index contributed by atoms with van der Waals surface area (Å²) in [6.07, 6.45) is 0.781. The Morgan fingerprint density at radius 2 is 1.65 bits per heavy atom. The Kier molecular flexibility index (Phi) is 5.56. The molecule has 0 spiro atoms. The lowest BCUT2D eigenvalue weighted by atomic mass is 10.0. The Balaban J connectivity index is 1.72. The molecule has 3 aromatic carbocycles. The number of hydrogen-bond acceptors (Lipinski definition) is 3. The van der Waals surface area contributed by atoms with Crippen LogP contribution in [-0.4, -0.2) is 10.0 Å². The van der Waals surface area contributed by atoms with Gasteiger partial charge in [-0.3, -0.25) is 10.1 Å². The maximum atomic E-state index is 10.9. The predicted octanol–water partition coefficient (Wildman–Crippen LogP) is 4.99. The van der Waals surface area contributed by atoms with Crippen LogP contribution in [0.1, 0.15) is 11.1 Å². The molecule has 0 aliphatic heterocycles. The number of thiocarbonyl (C=S) groups is 1. The molecule has 0 aliphatic rings. The molecule has 2 N–H and O–H groups in total. The lowest BCUT2D eigenvalue weighted by molar-refractivity contribution is -0.384. The molecular formula is C20H17N3O2S. The number of nitrogens with one attached hydrogen (secondary N) is 2. The minimum atomic E-state index is -0.434. The largest absolute Gasteiger partial charge is 0.332 e. The van der Waals surface area contributed by atoms with Crippen LogP contribution in [0.15, 0.2) is 78.9 Å². The number of nitro benzene ring substituents is 1. The highest BCUT2D eigenvalue weighted by molar-refractivity contribution is 7.80. The number of rotatable bonds is 5. The van der Waals surface area contributed by atoms with Crippen molar-refractivity contribution in [3.8, 4) is 0 Å².